The Kier molecular flexibility index (Phi) is 5.65. The molecule has 0 saturated carbocycles. The predicted molar refractivity (Wildman–Crippen MR) is 122 cm³/mol. The molecule has 0 spiro atoms. The maximum atomic E-state index is 12.0. The van der Waals surface area contributed by atoms with Gasteiger partial charge in [0.15, 0.2) is 0 Å². The second-order valence-corrected chi connectivity index (χ2v) is 9.31. The van der Waals surface area contributed by atoms with Crippen molar-refractivity contribution in [2.75, 3.05) is 0 Å². The summed E-state index contributed by atoms with van der Waals surface area (Å²) in [7, 11) is 0. The smallest absolute Gasteiger partial charge is 0.333 e. The number of hydrogen-bond acceptors (Lipinski definition) is 4. The van der Waals surface area contributed by atoms with Crippen LogP contribution in [-0.4, -0.2) is 21.8 Å². The van der Waals surface area contributed by atoms with Crippen LogP contribution in [0.15, 0.2) is 68.8 Å². The van der Waals surface area contributed by atoms with E-state index in [-0.39, 0.29) is 11.8 Å². The van der Waals surface area contributed by atoms with Gasteiger partial charge in [-0.15, -0.1) is 11.3 Å². The molecule has 1 N–H and O–H groups in total. The van der Waals surface area contributed by atoms with Crippen LogP contribution in [0.1, 0.15) is 31.4 Å². The fourth-order valence-corrected chi connectivity index (χ4v) is 5.67. The molecule has 29 heavy (non-hydrogen) atoms. The summed E-state index contributed by atoms with van der Waals surface area (Å²) in [5, 5.41) is 13.2. The van der Waals surface area contributed by atoms with Gasteiger partial charge in [-0.05, 0) is 47.9 Å². The second kappa shape index (κ2) is 8.20. The first-order valence-electron chi connectivity index (χ1n) is 9.55. The highest BCUT2D eigenvalue weighted by atomic mass is 79.9. The van der Waals surface area contributed by atoms with E-state index in [1.807, 2.05) is 38.2 Å². The van der Waals surface area contributed by atoms with Crippen molar-refractivity contribution < 1.29 is 9.90 Å². The summed E-state index contributed by atoms with van der Waals surface area (Å²) >= 11 is 5.39. The van der Waals surface area contributed by atoms with E-state index in [0.717, 1.165) is 22.2 Å². The Labute approximate surface area is 182 Å². The Bertz CT molecular complexity index is 1130. The number of aromatic nitrogens is 1. The van der Waals surface area contributed by atoms with Crippen LogP contribution in [0.3, 0.4) is 0 Å². The van der Waals surface area contributed by atoms with Gasteiger partial charge in [0, 0.05) is 38.4 Å². The van der Waals surface area contributed by atoms with E-state index in [0.29, 0.717) is 17.7 Å². The third kappa shape index (κ3) is 3.91. The van der Waals surface area contributed by atoms with Gasteiger partial charge < -0.3 is 5.11 Å². The average Bonchev–Trinajstić information content (AvgIpc) is 3.12. The van der Waals surface area contributed by atoms with E-state index in [9.17, 15) is 9.90 Å². The third-order valence-corrected chi connectivity index (χ3v) is 6.90. The zero-order valence-electron chi connectivity index (χ0n) is 16.2. The van der Waals surface area contributed by atoms with Gasteiger partial charge in [-0.3, -0.25) is 9.98 Å². The molecule has 0 saturated heterocycles. The van der Waals surface area contributed by atoms with Crippen LogP contribution in [0.4, 0.5) is 0 Å². The number of thiophene rings is 1. The summed E-state index contributed by atoms with van der Waals surface area (Å²) in [5.74, 6) is -0.841. The number of halogens is 1. The number of hydrogen-bond donors (Lipinski definition) is 1. The summed E-state index contributed by atoms with van der Waals surface area (Å²) in [5.41, 5.74) is 4.20. The van der Waals surface area contributed by atoms with Gasteiger partial charge in [0.25, 0.3) is 0 Å². The molecule has 0 fully saturated rings. The summed E-state index contributed by atoms with van der Waals surface area (Å²) in [6, 6.07) is 10.1. The highest BCUT2D eigenvalue weighted by molar-refractivity contribution is 9.10. The molecule has 0 amide bonds. The van der Waals surface area contributed by atoms with Gasteiger partial charge in [0.2, 0.25) is 0 Å². The van der Waals surface area contributed by atoms with Crippen molar-refractivity contribution in [3.63, 3.8) is 0 Å². The van der Waals surface area contributed by atoms with E-state index in [1.165, 1.54) is 15.6 Å². The molecule has 6 heteroatoms. The summed E-state index contributed by atoms with van der Waals surface area (Å²) in [6.07, 6.45) is 4.77. The van der Waals surface area contributed by atoms with Crippen molar-refractivity contribution in [3.8, 4) is 0 Å². The van der Waals surface area contributed by atoms with Gasteiger partial charge in [-0.1, -0.05) is 41.9 Å². The molecule has 3 aromatic rings. The molecule has 0 aliphatic carbocycles. The Hall–Kier alpha value is -2.31. The van der Waals surface area contributed by atoms with Crippen molar-refractivity contribution in [2.24, 2.45) is 16.8 Å². The molecule has 1 aromatic carbocycles. The molecule has 1 atom stereocenters. The van der Waals surface area contributed by atoms with E-state index in [1.54, 1.807) is 17.5 Å². The Balaban J connectivity index is 1.81. The van der Waals surface area contributed by atoms with Gasteiger partial charge >= 0.3 is 5.97 Å². The van der Waals surface area contributed by atoms with Crippen LogP contribution in [0, 0.1) is 11.8 Å². The number of pyridine rings is 1. The minimum atomic E-state index is -0.871. The van der Waals surface area contributed by atoms with Crippen molar-refractivity contribution in [3.05, 3.63) is 75.0 Å². The van der Waals surface area contributed by atoms with Crippen LogP contribution in [0.5, 0.6) is 0 Å². The molecule has 1 aliphatic heterocycles. The molecule has 2 aromatic heterocycles. The van der Waals surface area contributed by atoms with Gasteiger partial charge in [-0.25, -0.2) is 4.79 Å². The van der Waals surface area contributed by atoms with Crippen molar-refractivity contribution in [1.82, 2.24) is 4.98 Å². The maximum Gasteiger partial charge on any atom is 0.333 e. The lowest BCUT2D eigenvalue weighted by atomic mass is 9.82. The summed E-state index contributed by atoms with van der Waals surface area (Å²) < 4.78 is 2.29. The van der Waals surface area contributed by atoms with Crippen LogP contribution >= 0.6 is 27.3 Å². The SMILES string of the molecule is CC(C)C1=C(C(=O)O)CC(Cc2csc3cccc(Br)c23)C(c2cccnc2)=N1. The number of carboxylic acid groups (broad SMARTS) is 1. The minimum Gasteiger partial charge on any atom is -0.478 e. The Morgan fingerprint density at radius 2 is 2.14 bits per heavy atom. The second-order valence-electron chi connectivity index (χ2n) is 7.54. The van der Waals surface area contributed by atoms with Crippen molar-refractivity contribution in [2.45, 2.75) is 26.7 Å². The molecule has 0 radical (unpaired) electrons. The first-order chi connectivity index (χ1) is 14.0. The first-order valence-corrected chi connectivity index (χ1v) is 11.2. The van der Waals surface area contributed by atoms with E-state index in [2.05, 4.69) is 38.4 Å². The largest absolute Gasteiger partial charge is 0.478 e. The standard InChI is InChI=1S/C23H21BrN2O2S/c1-13(2)21-17(23(27)28)10-15(22(26-21)14-5-4-8-25-11-14)9-16-12-29-19-7-3-6-18(24)20(16)19/h3-8,11-13,15H,9-10H2,1-2H3,(H,27,28). The van der Waals surface area contributed by atoms with Gasteiger partial charge in [-0.2, -0.15) is 0 Å². The fraction of sp³-hybridized carbons (Fsp3) is 0.261. The minimum absolute atomic E-state index is 0.0160. The first kappa shape index (κ1) is 20.0. The van der Waals surface area contributed by atoms with E-state index >= 15 is 0 Å². The zero-order chi connectivity index (χ0) is 20.5. The molecule has 0 bridgehead atoms. The highest BCUT2D eigenvalue weighted by Crippen LogP contribution is 2.37. The normalized spacial score (nSPS) is 17.1. The number of rotatable bonds is 5. The number of allylic oxidation sites excluding steroid dienone is 1. The van der Waals surface area contributed by atoms with Crippen molar-refractivity contribution >= 4 is 49.0 Å². The number of carbonyl (C=O) groups is 1. The lowest BCUT2D eigenvalue weighted by molar-refractivity contribution is -0.133. The number of fused-ring (bicyclic) bond motifs is 1. The van der Waals surface area contributed by atoms with Crippen molar-refractivity contribution in [1.29, 1.82) is 0 Å². The average molecular weight is 469 g/mol. The molecule has 1 aliphatic rings. The monoisotopic (exact) mass is 468 g/mol. The third-order valence-electron chi connectivity index (χ3n) is 5.24. The Morgan fingerprint density at radius 3 is 2.83 bits per heavy atom. The highest BCUT2D eigenvalue weighted by Gasteiger charge is 2.31. The maximum absolute atomic E-state index is 12.0. The summed E-state index contributed by atoms with van der Waals surface area (Å²) in [6.45, 7) is 3.99. The topological polar surface area (TPSA) is 62.5 Å². The fourth-order valence-electron chi connectivity index (χ4n) is 3.92. The number of aliphatic carboxylic acids is 1. The van der Waals surface area contributed by atoms with Gasteiger partial charge in [0.1, 0.15) is 0 Å². The number of carboxylic acids is 1. The molecule has 1 unspecified atom stereocenters. The van der Waals surface area contributed by atoms with Gasteiger partial charge in [0.05, 0.1) is 17.0 Å². The van der Waals surface area contributed by atoms with Crippen LogP contribution < -0.4 is 0 Å². The molecular weight excluding hydrogens is 448 g/mol. The number of benzene rings is 1. The lowest BCUT2D eigenvalue weighted by Crippen LogP contribution is -2.27. The number of aliphatic imine (C=N–C) groups is 1. The van der Waals surface area contributed by atoms with E-state index < -0.39 is 5.97 Å². The predicted octanol–water partition coefficient (Wildman–Crippen LogP) is 6.11. The molecule has 4 nitrogen and oxygen atoms in total. The molecular formula is C23H21BrN2O2S. The van der Waals surface area contributed by atoms with Crippen LogP contribution in [0.2, 0.25) is 0 Å². The summed E-state index contributed by atoms with van der Waals surface area (Å²) in [4.78, 5) is 21.1. The molecule has 148 valence electrons. The zero-order valence-corrected chi connectivity index (χ0v) is 18.6. The number of nitrogens with zero attached hydrogens (tertiary/aromatic N) is 2. The van der Waals surface area contributed by atoms with Crippen LogP contribution in [-0.2, 0) is 11.2 Å². The molecule has 3 heterocycles. The quantitative estimate of drug-likeness (QED) is 0.491. The van der Waals surface area contributed by atoms with E-state index in [4.69, 9.17) is 4.99 Å². The van der Waals surface area contributed by atoms with Crippen LogP contribution in [0.25, 0.3) is 10.1 Å². The lowest BCUT2D eigenvalue weighted by Gasteiger charge is -2.27. The Morgan fingerprint density at radius 1 is 1.31 bits per heavy atom. The molecule has 4 rings (SSSR count).